The summed E-state index contributed by atoms with van der Waals surface area (Å²) >= 11 is 1.84. The van der Waals surface area contributed by atoms with Gasteiger partial charge in [-0.25, -0.2) is 23.5 Å². The SMILES string of the molecule is Cn1c(=O)n2n(c1=O)[C@@H]1CCC[C@]3(OCCS3)C1=CC2. The third-order valence-corrected chi connectivity index (χ3v) is 5.96. The minimum Gasteiger partial charge on any atom is -0.359 e. The van der Waals surface area contributed by atoms with E-state index in [1.165, 1.54) is 10.1 Å². The van der Waals surface area contributed by atoms with E-state index in [1.54, 1.807) is 16.4 Å². The van der Waals surface area contributed by atoms with Crippen molar-refractivity contribution >= 4 is 11.8 Å². The molecular weight excluding hydrogens is 278 g/mol. The number of hydrogen-bond donors (Lipinski definition) is 0. The second kappa shape index (κ2) is 4.14. The highest BCUT2D eigenvalue weighted by molar-refractivity contribution is 8.00. The first kappa shape index (κ1) is 12.5. The summed E-state index contributed by atoms with van der Waals surface area (Å²) in [6.45, 7) is 1.23. The van der Waals surface area contributed by atoms with E-state index in [2.05, 4.69) is 6.08 Å². The molecule has 6 nitrogen and oxygen atoms in total. The van der Waals surface area contributed by atoms with Gasteiger partial charge in [0.05, 0.1) is 19.2 Å². The highest BCUT2D eigenvalue weighted by atomic mass is 32.2. The minimum atomic E-state index is -0.251. The molecule has 20 heavy (non-hydrogen) atoms. The number of rotatable bonds is 0. The van der Waals surface area contributed by atoms with Crippen LogP contribution in [0.15, 0.2) is 21.2 Å². The molecule has 3 aliphatic rings. The van der Waals surface area contributed by atoms with E-state index < -0.39 is 0 Å². The van der Waals surface area contributed by atoms with Crippen molar-refractivity contribution in [3.63, 3.8) is 0 Å². The van der Waals surface area contributed by atoms with Crippen LogP contribution in [0.2, 0.25) is 0 Å². The largest absolute Gasteiger partial charge is 0.359 e. The predicted molar refractivity (Wildman–Crippen MR) is 76.0 cm³/mol. The Hall–Kier alpha value is -1.21. The Morgan fingerprint density at radius 3 is 3.00 bits per heavy atom. The van der Waals surface area contributed by atoms with Gasteiger partial charge in [0.25, 0.3) is 0 Å². The summed E-state index contributed by atoms with van der Waals surface area (Å²) in [4.78, 5) is 24.1. The van der Waals surface area contributed by atoms with Gasteiger partial charge in [-0.05, 0) is 24.8 Å². The van der Waals surface area contributed by atoms with E-state index in [-0.39, 0.29) is 22.4 Å². The van der Waals surface area contributed by atoms with Crippen LogP contribution in [0.4, 0.5) is 0 Å². The highest BCUT2D eigenvalue weighted by Gasteiger charge is 2.47. The zero-order valence-electron chi connectivity index (χ0n) is 11.4. The van der Waals surface area contributed by atoms with Crippen LogP contribution in [-0.2, 0) is 18.3 Å². The predicted octanol–water partition coefficient (Wildman–Crippen LogP) is 0.473. The first-order valence-electron chi connectivity index (χ1n) is 7.01. The maximum atomic E-state index is 12.3. The molecule has 0 bridgehead atoms. The Morgan fingerprint density at radius 2 is 2.25 bits per heavy atom. The van der Waals surface area contributed by atoms with E-state index in [9.17, 15) is 9.59 Å². The van der Waals surface area contributed by atoms with Crippen LogP contribution in [0.3, 0.4) is 0 Å². The van der Waals surface area contributed by atoms with Crippen molar-refractivity contribution in [2.24, 2.45) is 7.05 Å². The lowest BCUT2D eigenvalue weighted by molar-refractivity contribution is 0.0453. The van der Waals surface area contributed by atoms with Gasteiger partial charge in [0.15, 0.2) is 0 Å². The lowest BCUT2D eigenvalue weighted by Gasteiger charge is -2.41. The standard InChI is InChI=1S/C13H17N3O3S/c1-14-11(17)15-6-4-9-10(16(15)12(14)18)3-2-5-13(9)19-7-8-20-13/h4,10H,2-3,5-8H2,1H3/t10-,13-/m1/s1. The Balaban J connectivity index is 1.88. The molecule has 0 amide bonds. The lowest BCUT2D eigenvalue weighted by Crippen LogP contribution is -2.44. The van der Waals surface area contributed by atoms with Gasteiger partial charge in [-0.15, -0.1) is 11.8 Å². The smallest absolute Gasteiger partial charge is 0.347 e. The van der Waals surface area contributed by atoms with Crippen molar-refractivity contribution in [3.05, 3.63) is 32.6 Å². The molecule has 1 saturated carbocycles. The Labute approximate surface area is 120 Å². The molecule has 0 radical (unpaired) electrons. The monoisotopic (exact) mass is 295 g/mol. The van der Waals surface area contributed by atoms with Crippen LogP contribution in [0.25, 0.3) is 0 Å². The van der Waals surface area contributed by atoms with Crippen molar-refractivity contribution in [2.75, 3.05) is 12.4 Å². The Bertz CT molecular complexity index is 705. The third-order valence-electron chi connectivity index (χ3n) is 4.57. The molecule has 1 aromatic rings. The minimum absolute atomic E-state index is 0.0236. The van der Waals surface area contributed by atoms with Crippen molar-refractivity contribution in [2.45, 2.75) is 36.8 Å². The second-order valence-corrected chi connectivity index (χ2v) is 6.92. The quantitative estimate of drug-likeness (QED) is 0.653. The van der Waals surface area contributed by atoms with Crippen LogP contribution in [0.5, 0.6) is 0 Å². The zero-order valence-corrected chi connectivity index (χ0v) is 12.2. The second-order valence-electron chi connectivity index (χ2n) is 5.57. The Morgan fingerprint density at radius 1 is 1.40 bits per heavy atom. The summed E-state index contributed by atoms with van der Waals surface area (Å²) in [5.74, 6) is 1.00. The number of allylic oxidation sites excluding steroid dienone is 1. The zero-order chi connectivity index (χ0) is 13.9. The molecule has 1 spiro atoms. The van der Waals surface area contributed by atoms with E-state index in [0.29, 0.717) is 6.54 Å². The average Bonchev–Trinajstić information content (AvgIpc) is 3.00. The van der Waals surface area contributed by atoms with Crippen LogP contribution in [0.1, 0.15) is 25.3 Å². The molecule has 7 heteroatoms. The molecule has 2 aliphatic heterocycles. The van der Waals surface area contributed by atoms with Crippen molar-refractivity contribution in [3.8, 4) is 0 Å². The number of thioether (sulfide) groups is 1. The molecule has 1 saturated heterocycles. The summed E-state index contributed by atoms with van der Waals surface area (Å²) in [6, 6.07) is -0.0236. The van der Waals surface area contributed by atoms with Gasteiger partial charge in [0, 0.05) is 12.8 Å². The first-order chi connectivity index (χ1) is 9.64. The van der Waals surface area contributed by atoms with Gasteiger partial charge in [-0.2, -0.15) is 0 Å². The molecule has 1 aliphatic carbocycles. The summed E-state index contributed by atoms with van der Waals surface area (Å²) in [5, 5.41) is 0. The van der Waals surface area contributed by atoms with E-state index in [1.807, 2.05) is 11.8 Å². The first-order valence-corrected chi connectivity index (χ1v) is 7.99. The molecule has 0 N–H and O–H groups in total. The van der Waals surface area contributed by atoms with Gasteiger partial charge in [0.2, 0.25) is 0 Å². The molecule has 108 valence electrons. The van der Waals surface area contributed by atoms with E-state index in [0.717, 1.165) is 31.6 Å². The van der Waals surface area contributed by atoms with Gasteiger partial charge in [-0.3, -0.25) is 0 Å². The fourth-order valence-electron chi connectivity index (χ4n) is 3.65. The Kier molecular flexibility index (Phi) is 2.59. The van der Waals surface area contributed by atoms with E-state index in [4.69, 9.17) is 4.74 Å². The van der Waals surface area contributed by atoms with Gasteiger partial charge in [0.1, 0.15) is 4.93 Å². The molecular formula is C13H17N3O3S. The lowest BCUT2D eigenvalue weighted by atomic mass is 9.85. The normalized spacial score (nSPS) is 32.0. The van der Waals surface area contributed by atoms with Crippen molar-refractivity contribution in [1.82, 2.24) is 13.9 Å². The molecule has 2 atom stereocenters. The molecule has 1 aromatic heterocycles. The molecule has 0 unspecified atom stereocenters. The van der Waals surface area contributed by atoms with Gasteiger partial charge in [-0.1, -0.05) is 6.08 Å². The van der Waals surface area contributed by atoms with Crippen LogP contribution >= 0.6 is 11.8 Å². The van der Waals surface area contributed by atoms with Crippen LogP contribution < -0.4 is 11.4 Å². The summed E-state index contributed by atoms with van der Waals surface area (Å²) in [5.41, 5.74) is 0.745. The molecule has 4 rings (SSSR count). The average molecular weight is 295 g/mol. The van der Waals surface area contributed by atoms with Crippen LogP contribution in [0, 0.1) is 0 Å². The van der Waals surface area contributed by atoms with Crippen LogP contribution in [-0.4, -0.2) is 31.2 Å². The van der Waals surface area contributed by atoms with Crippen molar-refractivity contribution in [1.29, 1.82) is 0 Å². The fraction of sp³-hybridized carbons (Fsp3) is 0.692. The van der Waals surface area contributed by atoms with Gasteiger partial charge >= 0.3 is 11.4 Å². The topological polar surface area (TPSA) is 58.2 Å². The molecule has 0 aromatic carbocycles. The highest BCUT2D eigenvalue weighted by Crippen LogP contribution is 2.52. The molecule has 2 fully saturated rings. The maximum Gasteiger partial charge on any atom is 0.347 e. The number of aromatic nitrogens is 3. The number of ether oxygens (including phenoxy) is 1. The number of fused-ring (bicyclic) bond motifs is 4. The number of hydrogen-bond acceptors (Lipinski definition) is 4. The summed E-state index contributed by atoms with van der Waals surface area (Å²) < 4.78 is 10.4. The summed E-state index contributed by atoms with van der Waals surface area (Å²) in [6.07, 6.45) is 5.03. The molecule has 3 heterocycles. The van der Waals surface area contributed by atoms with Gasteiger partial charge < -0.3 is 4.74 Å². The maximum absolute atomic E-state index is 12.3. The van der Waals surface area contributed by atoms with Crippen molar-refractivity contribution < 1.29 is 4.74 Å². The fourth-order valence-corrected chi connectivity index (χ4v) is 4.99. The number of nitrogens with zero attached hydrogens (tertiary/aromatic N) is 3. The summed E-state index contributed by atoms with van der Waals surface area (Å²) in [7, 11) is 1.54. The third kappa shape index (κ3) is 1.45. The van der Waals surface area contributed by atoms with E-state index >= 15 is 0 Å².